The van der Waals surface area contributed by atoms with E-state index in [2.05, 4.69) is 15.0 Å². The highest BCUT2D eigenvalue weighted by Crippen LogP contribution is 2.71. The summed E-state index contributed by atoms with van der Waals surface area (Å²) in [6.07, 6.45) is 0.497. The number of hydrogen-bond acceptors (Lipinski definition) is 5. The first kappa shape index (κ1) is 21.0. The van der Waals surface area contributed by atoms with Crippen LogP contribution in [-0.2, 0) is 6.18 Å². The van der Waals surface area contributed by atoms with Crippen LogP contribution in [-0.4, -0.2) is 44.4 Å². The van der Waals surface area contributed by atoms with Crippen molar-refractivity contribution in [3.8, 4) is 17.3 Å². The van der Waals surface area contributed by atoms with E-state index in [-0.39, 0.29) is 40.2 Å². The van der Waals surface area contributed by atoms with Gasteiger partial charge < -0.3 is 9.64 Å². The van der Waals surface area contributed by atoms with Crippen LogP contribution in [0.2, 0.25) is 0 Å². The van der Waals surface area contributed by atoms with Gasteiger partial charge >= 0.3 is 6.18 Å². The smallest absolute Gasteiger partial charge is 0.417 e. The van der Waals surface area contributed by atoms with Gasteiger partial charge in [0.1, 0.15) is 11.9 Å². The maximum absolute atomic E-state index is 14.8. The van der Waals surface area contributed by atoms with Gasteiger partial charge in [0.2, 0.25) is 5.88 Å². The van der Waals surface area contributed by atoms with E-state index in [0.717, 1.165) is 18.7 Å². The summed E-state index contributed by atoms with van der Waals surface area (Å²) in [4.78, 5) is 27.3. The molecule has 0 bridgehead atoms. The van der Waals surface area contributed by atoms with Crippen LogP contribution in [0.5, 0.6) is 5.88 Å². The quantitative estimate of drug-likeness (QED) is 0.530. The van der Waals surface area contributed by atoms with Gasteiger partial charge in [-0.1, -0.05) is 6.07 Å². The monoisotopic (exact) mass is 470 g/mol. The second-order valence-corrected chi connectivity index (χ2v) is 9.01. The number of piperidine rings is 1. The van der Waals surface area contributed by atoms with Crippen LogP contribution in [0.3, 0.4) is 0 Å². The fourth-order valence-corrected chi connectivity index (χ4v) is 5.54. The van der Waals surface area contributed by atoms with Crippen LogP contribution in [0.15, 0.2) is 55.0 Å². The van der Waals surface area contributed by atoms with Crippen molar-refractivity contribution in [3.63, 3.8) is 0 Å². The van der Waals surface area contributed by atoms with E-state index in [1.165, 1.54) is 30.6 Å². The third-order valence-corrected chi connectivity index (χ3v) is 7.18. The number of aromatic nitrogens is 3. The lowest BCUT2D eigenvalue weighted by molar-refractivity contribution is -0.137. The van der Waals surface area contributed by atoms with Crippen molar-refractivity contribution in [2.24, 2.45) is 11.3 Å². The Labute approximate surface area is 191 Å². The van der Waals surface area contributed by atoms with Crippen LogP contribution in [0.25, 0.3) is 11.4 Å². The van der Waals surface area contributed by atoms with Gasteiger partial charge in [0, 0.05) is 36.6 Å². The first-order valence-corrected chi connectivity index (χ1v) is 10.8. The maximum atomic E-state index is 14.8. The molecule has 1 aromatic carbocycles. The molecule has 0 radical (unpaired) electrons. The van der Waals surface area contributed by atoms with Crippen molar-refractivity contribution in [1.29, 1.82) is 0 Å². The van der Waals surface area contributed by atoms with Gasteiger partial charge in [-0.3, -0.25) is 4.79 Å². The summed E-state index contributed by atoms with van der Waals surface area (Å²) in [5.41, 5.74) is -0.681. The summed E-state index contributed by atoms with van der Waals surface area (Å²) in [6.45, 7) is 0.523. The summed E-state index contributed by atoms with van der Waals surface area (Å²) in [5.74, 6) is -0.391. The van der Waals surface area contributed by atoms with Gasteiger partial charge in [0.05, 0.1) is 22.7 Å². The molecule has 4 atom stereocenters. The summed E-state index contributed by atoms with van der Waals surface area (Å²) < 4.78 is 59.1. The minimum Gasteiger partial charge on any atom is -0.472 e. The highest BCUT2D eigenvalue weighted by Gasteiger charge is 2.76. The van der Waals surface area contributed by atoms with Crippen LogP contribution in [0.4, 0.5) is 17.6 Å². The molecule has 2 aromatic heterocycles. The highest BCUT2D eigenvalue weighted by atomic mass is 19.4. The standard InChI is InChI=1S/C24H18F4N4O2/c25-16-4-1-3-15(19(16)21-29-7-2-8-30-21)22(33)32-12-14-9-23(14)10-17(20(23)32)34-18-6-5-13(11-31-18)24(26,27)28/h1-8,11,14,17,20H,9-10,12H2. The molecule has 6 nitrogen and oxygen atoms in total. The Kier molecular flexibility index (Phi) is 4.46. The first-order valence-electron chi connectivity index (χ1n) is 10.8. The number of benzene rings is 1. The lowest BCUT2D eigenvalue weighted by Crippen LogP contribution is -2.59. The SMILES string of the molecule is O=C(c1cccc(F)c1-c1ncccn1)N1CC2CC23CC(Oc2ccc(C(F)(F)F)cn2)C13. The molecule has 10 heteroatoms. The molecular weight excluding hydrogens is 452 g/mol. The number of carbonyl (C=O) groups is 1. The summed E-state index contributed by atoms with van der Waals surface area (Å²) in [5, 5.41) is 0. The number of rotatable bonds is 4. The number of pyridine rings is 1. The minimum atomic E-state index is -4.48. The Morgan fingerprint density at radius 1 is 1.06 bits per heavy atom. The molecule has 2 saturated carbocycles. The summed E-state index contributed by atoms with van der Waals surface area (Å²) >= 11 is 0. The van der Waals surface area contributed by atoms with E-state index in [1.807, 2.05) is 0 Å². The molecule has 3 fully saturated rings. The van der Waals surface area contributed by atoms with Crippen molar-refractivity contribution in [3.05, 3.63) is 71.9 Å². The molecule has 4 unspecified atom stereocenters. The number of likely N-dealkylation sites (tertiary alicyclic amines) is 1. The Bertz CT molecular complexity index is 1270. The zero-order valence-corrected chi connectivity index (χ0v) is 17.7. The van der Waals surface area contributed by atoms with Gasteiger partial charge in [-0.05, 0) is 43.0 Å². The lowest BCUT2D eigenvalue weighted by atomic mass is 9.73. The molecule has 3 aromatic rings. The Balaban J connectivity index is 1.27. The largest absolute Gasteiger partial charge is 0.472 e. The number of carbonyl (C=O) groups excluding carboxylic acids is 1. The van der Waals surface area contributed by atoms with Gasteiger partial charge in [0.25, 0.3) is 5.91 Å². The topological polar surface area (TPSA) is 68.2 Å². The fraction of sp³-hybridized carbons (Fsp3) is 0.333. The van der Waals surface area contributed by atoms with Crippen LogP contribution < -0.4 is 4.74 Å². The normalized spacial score (nSPS) is 26.9. The zero-order valence-electron chi connectivity index (χ0n) is 17.7. The third kappa shape index (κ3) is 3.15. The van der Waals surface area contributed by atoms with E-state index < -0.39 is 23.7 Å². The van der Waals surface area contributed by atoms with E-state index in [1.54, 1.807) is 17.0 Å². The van der Waals surface area contributed by atoms with E-state index in [9.17, 15) is 22.4 Å². The van der Waals surface area contributed by atoms with E-state index in [4.69, 9.17) is 4.74 Å². The molecule has 2 aliphatic carbocycles. The number of nitrogens with zero attached hydrogens (tertiary/aromatic N) is 4. The molecule has 34 heavy (non-hydrogen) atoms. The summed E-state index contributed by atoms with van der Waals surface area (Å²) in [6, 6.07) is 7.76. The molecule has 1 aliphatic heterocycles. The molecule has 3 heterocycles. The predicted octanol–water partition coefficient (Wildman–Crippen LogP) is 4.38. The van der Waals surface area contributed by atoms with Gasteiger partial charge in [-0.15, -0.1) is 0 Å². The van der Waals surface area contributed by atoms with Gasteiger partial charge in [0.15, 0.2) is 5.82 Å². The molecule has 3 aliphatic rings. The number of ether oxygens (including phenoxy) is 1. The number of halogens is 4. The Hall–Kier alpha value is -3.56. The van der Waals surface area contributed by atoms with Crippen LogP contribution >= 0.6 is 0 Å². The molecule has 1 saturated heterocycles. The van der Waals surface area contributed by atoms with Crippen molar-refractivity contribution >= 4 is 5.91 Å². The number of alkyl halides is 3. The van der Waals surface area contributed by atoms with E-state index >= 15 is 0 Å². The molecule has 1 spiro atoms. The van der Waals surface area contributed by atoms with Crippen LogP contribution in [0.1, 0.15) is 28.8 Å². The number of hydrogen-bond donors (Lipinski definition) is 0. The Morgan fingerprint density at radius 3 is 2.56 bits per heavy atom. The van der Waals surface area contributed by atoms with Crippen molar-refractivity contribution in [2.75, 3.05) is 6.54 Å². The van der Waals surface area contributed by atoms with Crippen LogP contribution in [0, 0.1) is 17.2 Å². The molecule has 0 N–H and O–H groups in total. The molecular formula is C24H18F4N4O2. The second kappa shape index (κ2) is 7.22. The third-order valence-electron chi connectivity index (χ3n) is 7.18. The van der Waals surface area contributed by atoms with Crippen molar-refractivity contribution in [2.45, 2.75) is 31.2 Å². The maximum Gasteiger partial charge on any atom is 0.417 e. The zero-order chi connectivity index (χ0) is 23.7. The lowest BCUT2D eigenvalue weighted by Gasteiger charge is -2.47. The van der Waals surface area contributed by atoms with Gasteiger partial charge in [-0.25, -0.2) is 19.3 Å². The van der Waals surface area contributed by atoms with Gasteiger partial charge in [-0.2, -0.15) is 13.2 Å². The minimum absolute atomic E-state index is 0.0387. The molecule has 6 rings (SSSR count). The van der Waals surface area contributed by atoms with E-state index in [0.29, 0.717) is 18.9 Å². The van der Waals surface area contributed by atoms with Crippen molar-refractivity contribution in [1.82, 2.24) is 19.9 Å². The molecule has 174 valence electrons. The first-order chi connectivity index (χ1) is 16.3. The summed E-state index contributed by atoms with van der Waals surface area (Å²) in [7, 11) is 0. The predicted molar refractivity (Wildman–Crippen MR) is 111 cm³/mol. The average Bonchev–Trinajstić information content (AvgIpc) is 3.47. The Morgan fingerprint density at radius 2 is 1.85 bits per heavy atom. The fourth-order valence-electron chi connectivity index (χ4n) is 5.54. The highest BCUT2D eigenvalue weighted by molar-refractivity contribution is 6.01. The average molecular weight is 470 g/mol. The molecule has 1 amide bonds. The van der Waals surface area contributed by atoms with Crippen molar-refractivity contribution < 1.29 is 27.1 Å². The number of amides is 1. The second-order valence-electron chi connectivity index (χ2n) is 9.01.